The number of sulfone groups is 1. The van der Waals surface area contributed by atoms with Crippen LogP contribution in [0.15, 0.2) is 137 Å². The van der Waals surface area contributed by atoms with Crippen molar-refractivity contribution in [1.82, 2.24) is 4.90 Å². The number of aliphatic hydroxyl groups excluding tert-OH is 1. The highest BCUT2D eigenvalue weighted by Crippen LogP contribution is 2.28. The van der Waals surface area contributed by atoms with Gasteiger partial charge in [-0.25, -0.2) is 13.2 Å². The first-order chi connectivity index (χ1) is 21.7. The molecule has 0 saturated carbocycles. The number of aromatic carboxylic acids is 1. The summed E-state index contributed by atoms with van der Waals surface area (Å²) < 4.78 is 32.7. The molecule has 1 atom stereocenters. The van der Waals surface area contributed by atoms with Crippen LogP contribution in [0.2, 0.25) is 5.02 Å². The van der Waals surface area contributed by atoms with Crippen molar-refractivity contribution in [3.8, 4) is 11.5 Å². The molecule has 5 aromatic carbocycles. The van der Waals surface area contributed by atoms with E-state index in [1.807, 2.05) is 42.5 Å². The van der Waals surface area contributed by atoms with Crippen LogP contribution in [0, 0.1) is 0 Å². The number of hydrogen-bond donors (Lipinski definition) is 2. The van der Waals surface area contributed by atoms with Gasteiger partial charge in [0, 0.05) is 24.7 Å². The van der Waals surface area contributed by atoms with Gasteiger partial charge in [0.15, 0.2) is 0 Å². The summed E-state index contributed by atoms with van der Waals surface area (Å²) in [6.07, 6.45) is -0.0745. The zero-order chi connectivity index (χ0) is 31.8. The van der Waals surface area contributed by atoms with E-state index in [0.717, 1.165) is 16.7 Å². The number of hydrogen-bond acceptors (Lipinski definition) is 6. The van der Waals surface area contributed by atoms with E-state index in [2.05, 4.69) is 4.90 Å². The number of aliphatic hydroxyl groups is 1. The second-order valence-corrected chi connectivity index (χ2v) is 13.0. The monoisotopic (exact) mass is 641 g/mol. The third-order valence-corrected chi connectivity index (χ3v) is 9.30. The minimum absolute atomic E-state index is 0.0613. The van der Waals surface area contributed by atoms with Crippen molar-refractivity contribution in [2.45, 2.75) is 28.9 Å². The van der Waals surface area contributed by atoms with Gasteiger partial charge in [0.05, 0.1) is 21.5 Å². The van der Waals surface area contributed by atoms with E-state index >= 15 is 0 Å². The molecule has 0 amide bonds. The maximum absolute atomic E-state index is 13.5. The molecular formula is C36H32ClNO6S. The van der Waals surface area contributed by atoms with E-state index in [9.17, 15) is 23.4 Å². The largest absolute Gasteiger partial charge is 0.478 e. The molecule has 2 N–H and O–H groups in total. The quantitative estimate of drug-likeness (QED) is 0.138. The van der Waals surface area contributed by atoms with Gasteiger partial charge in [0.25, 0.3) is 0 Å². The van der Waals surface area contributed by atoms with E-state index in [1.54, 1.807) is 60.7 Å². The number of rotatable bonds is 13. The predicted molar refractivity (Wildman–Crippen MR) is 174 cm³/mol. The smallest absolute Gasteiger partial charge is 0.335 e. The number of carboxylic acids is 1. The Kier molecular flexibility index (Phi) is 10.3. The van der Waals surface area contributed by atoms with Gasteiger partial charge in [-0.3, -0.25) is 4.90 Å². The summed E-state index contributed by atoms with van der Waals surface area (Å²) in [7, 11) is -3.84. The molecule has 0 spiro atoms. The second kappa shape index (κ2) is 14.5. The Labute approximate surface area is 267 Å². The average molecular weight is 642 g/mol. The Morgan fingerprint density at radius 3 is 2.16 bits per heavy atom. The van der Waals surface area contributed by atoms with Crippen molar-refractivity contribution in [2.24, 2.45) is 0 Å². The highest BCUT2D eigenvalue weighted by molar-refractivity contribution is 7.91. The third kappa shape index (κ3) is 8.59. The fraction of sp³-hybridized carbons (Fsp3) is 0.139. The van der Waals surface area contributed by atoms with Crippen LogP contribution in [0.25, 0.3) is 0 Å². The number of halogens is 1. The Balaban J connectivity index is 1.27. The standard InChI is InChI=1S/C36H32ClNO6S/c37-30-11-4-9-28(21-30)35(39)25-38(24-27-7-2-1-3-8-27)20-19-26-15-17-33(18-16-26)45(42,43)34-14-6-13-32(23-34)44-31-12-5-10-29(22-31)36(40)41/h1-18,21-23,35,39H,19-20,24-25H2,(H,40,41). The van der Waals surface area contributed by atoms with Gasteiger partial charge in [0.2, 0.25) is 9.84 Å². The molecule has 0 heterocycles. The van der Waals surface area contributed by atoms with Crippen molar-refractivity contribution < 1.29 is 28.2 Å². The molecule has 0 aliphatic rings. The molecule has 0 fully saturated rings. The Hall–Kier alpha value is -4.47. The highest BCUT2D eigenvalue weighted by atomic mass is 35.5. The molecule has 5 aromatic rings. The van der Waals surface area contributed by atoms with Gasteiger partial charge >= 0.3 is 5.97 Å². The summed E-state index contributed by atoms with van der Waals surface area (Å²) in [6.45, 7) is 1.69. The molecule has 0 radical (unpaired) electrons. The SMILES string of the molecule is O=C(O)c1cccc(Oc2cccc(S(=O)(=O)c3ccc(CCN(Cc4ccccc4)CC(O)c4cccc(Cl)c4)cc3)c2)c1. The Morgan fingerprint density at radius 1 is 0.756 bits per heavy atom. The van der Waals surface area contributed by atoms with Crippen LogP contribution in [0.4, 0.5) is 0 Å². The molecule has 0 bridgehead atoms. The number of ether oxygens (including phenoxy) is 1. The minimum atomic E-state index is -3.84. The maximum Gasteiger partial charge on any atom is 0.335 e. The molecule has 7 nitrogen and oxygen atoms in total. The Bertz CT molecular complexity index is 1860. The van der Waals surface area contributed by atoms with E-state index in [-0.39, 0.29) is 26.9 Å². The predicted octanol–water partition coefficient (Wildman–Crippen LogP) is 7.44. The van der Waals surface area contributed by atoms with Crippen LogP contribution in [0.1, 0.15) is 33.2 Å². The van der Waals surface area contributed by atoms with Crippen molar-refractivity contribution in [2.75, 3.05) is 13.1 Å². The van der Waals surface area contributed by atoms with Crippen molar-refractivity contribution in [1.29, 1.82) is 0 Å². The second-order valence-electron chi connectivity index (χ2n) is 10.6. The zero-order valence-corrected chi connectivity index (χ0v) is 25.9. The van der Waals surface area contributed by atoms with Crippen molar-refractivity contribution in [3.63, 3.8) is 0 Å². The summed E-state index contributed by atoms with van der Waals surface area (Å²) >= 11 is 6.14. The van der Waals surface area contributed by atoms with Crippen LogP contribution in [0.3, 0.4) is 0 Å². The average Bonchev–Trinajstić information content (AvgIpc) is 3.04. The third-order valence-electron chi connectivity index (χ3n) is 7.30. The number of carboxylic acid groups (broad SMARTS) is 1. The number of benzene rings is 5. The fourth-order valence-electron chi connectivity index (χ4n) is 4.93. The first-order valence-electron chi connectivity index (χ1n) is 14.3. The first kappa shape index (κ1) is 31.9. The number of nitrogens with zero attached hydrogens (tertiary/aromatic N) is 1. The van der Waals surface area contributed by atoms with E-state index in [0.29, 0.717) is 31.1 Å². The van der Waals surface area contributed by atoms with Gasteiger partial charge in [-0.15, -0.1) is 0 Å². The van der Waals surface area contributed by atoms with Gasteiger partial charge in [-0.05, 0) is 83.8 Å². The van der Waals surface area contributed by atoms with Gasteiger partial charge in [-0.2, -0.15) is 0 Å². The molecule has 5 rings (SSSR count). The topological polar surface area (TPSA) is 104 Å². The van der Waals surface area contributed by atoms with Crippen LogP contribution in [0.5, 0.6) is 11.5 Å². The van der Waals surface area contributed by atoms with Crippen LogP contribution in [-0.4, -0.2) is 42.6 Å². The molecule has 9 heteroatoms. The van der Waals surface area contributed by atoms with E-state index < -0.39 is 21.9 Å². The lowest BCUT2D eigenvalue weighted by molar-refractivity contribution is 0.0696. The lowest BCUT2D eigenvalue weighted by Gasteiger charge is -2.25. The Morgan fingerprint density at radius 2 is 1.44 bits per heavy atom. The zero-order valence-electron chi connectivity index (χ0n) is 24.3. The minimum Gasteiger partial charge on any atom is -0.478 e. The van der Waals surface area contributed by atoms with Gasteiger partial charge < -0.3 is 14.9 Å². The highest BCUT2D eigenvalue weighted by Gasteiger charge is 2.19. The fourth-order valence-corrected chi connectivity index (χ4v) is 6.43. The molecule has 230 valence electrons. The summed E-state index contributed by atoms with van der Waals surface area (Å²) in [5, 5.41) is 20.8. The molecule has 0 aliphatic heterocycles. The van der Waals surface area contributed by atoms with Gasteiger partial charge in [0.1, 0.15) is 11.5 Å². The number of carbonyl (C=O) groups is 1. The van der Waals surface area contributed by atoms with Gasteiger partial charge in [-0.1, -0.05) is 78.3 Å². The molecule has 45 heavy (non-hydrogen) atoms. The van der Waals surface area contributed by atoms with Crippen LogP contribution < -0.4 is 4.74 Å². The maximum atomic E-state index is 13.5. The first-order valence-corrected chi connectivity index (χ1v) is 16.2. The van der Waals surface area contributed by atoms with Crippen molar-refractivity contribution in [3.05, 3.63) is 155 Å². The molecule has 0 saturated heterocycles. The summed E-state index contributed by atoms with van der Waals surface area (Å²) in [5.74, 6) is -0.525. The molecule has 1 unspecified atom stereocenters. The normalized spacial score (nSPS) is 12.2. The molecule has 0 aromatic heterocycles. The molecular weight excluding hydrogens is 610 g/mol. The summed E-state index contributed by atoms with van der Waals surface area (Å²) in [4.78, 5) is 13.7. The summed E-state index contributed by atoms with van der Waals surface area (Å²) in [6, 6.07) is 36.1. The lowest BCUT2D eigenvalue weighted by Crippen LogP contribution is -2.30. The lowest BCUT2D eigenvalue weighted by atomic mass is 10.1. The van der Waals surface area contributed by atoms with Crippen molar-refractivity contribution >= 4 is 27.4 Å². The van der Waals surface area contributed by atoms with E-state index in [1.165, 1.54) is 24.3 Å². The molecule has 0 aliphatic carbocycles. The van der Waals surface area contributed by atoms with Crippen LogP contribution in [-0.2, 0) is 22.8 Å². The van der Waals surface area contributed by atoms with E-state index in [4.69, 9.17) is 16.3 Å². The van der Waals surface area contributed by atoms with Crippen LogP contribution >= 0.6 is 11.6 Å². The summed E-state index contributed by atoms with van der Waals surface area (Å²) in [5.41, 5.74) is 2.90.